The number of carbonyl (C=O) groups is 2. The average molecular weight is 567 g/mol. The highest BCUT2D eigenvalue weighted by Gasteiger charge is 2.17. The molecule has 2 rings (SSSR count). The number of nitrogens with two attached hydrogens (primary N) is 1. The molecule has 14 nitrogen and oxygen atoms in total. The molecular formula is C18H21BrF2N6O8. The first kappa shape index (κ1) is 31.0. The maximum Gasteiger partial charge on any atom is 0.325 e. The van der Waals surface area contributed by atoms with Gasteiger partial charge in [-0.1, -0.05) is 15.9 Å². The van der Waals surface area contributed by atoms with Gasteiger partial charge in [0.15, 0.2) is 0 Å². The Morgan fingerprint density at radius 3 is 1.91 bits per heavy atom. The van der Waals surface area contributed by atoms with Gasteiger partial charge in [-0.2, -0.15) is 0 Å². The number of nitro groups is 2. The predicted molar refractivity (Wildman–Crippen MR) is 122 cm³/mol. The molecule has 0 fully saturated rings. The fourth-order valence-electron chi connectivity index (χ4n) is 1.86. The van der Waals surface area contributed by atoms with Gasteiger partial charge in [-0.25, -0.2) is 18.7 Å². The van der Waals surface area contributed by atoms with Crippen LogP contribution >= 0.6 is 15.9 Å². The van der Waals surface area contributed by atoms with Crippen molar-refractivity contribution in [1.82, 2.24) is 9.97 Å². The van der Waals surface area contributed by atoms with Gasteiger partial charge in [-0.05, 0) is 13.8 Å². The molecule has 192 valence electrons. The standard InChI is InChI=1S/C9H10FN3O4.C5H4FN3O2.C4H7BrO2/c1-2-17-8(14)5-12-9-7(13(15)16)3-6(10)4-11-9;6-3-1-4(9(10)11)5(7)8-2-3;1-2-7-4(6)3-5/h3-4H,2,5H2,1H3,(H,11,12);1-2H,(H2,7,8);2-3H2,1H3. The van der Waals surface area contributed by atoms with E-state index in [0.717, 1.165) is 24.5 Å². The SMILES string of the molecule is CCOC(=O)CBr.CCOC(=O)CNc1ncc(F)cc1[N+](=O)[O-].Nc1ncc(F)cc1[N+](=O)[O-]. The Morgan fingerprint density at radius 2 is 1.49 bits per heavy atom. The molecule has 0 aliphatic carbocycles. The lowest BCUT2D eigenvalue weighted by atomic mass is 10.4. The smallest absolute Gasteiger partial charge is 0.325 e. The van der Waals surface area contributed by atoms with E-state index in [1.54, 1.807) is 13.8 Å². The summed E-state index contributed by atoms with van der Waals surface area (Å²) in [5.41, 5.74) is 4.03. The highest BCUT2D eigenvalue weighted by molar-refractivity contribution is 9.09. The second kappa shape index (κ2) is 16.6. The minimum Gasteiger partial charge on any atom is -0.465 e. The number of aromatic nitrogens is 2. The molecule has 3 N–H and O–H groups in total. The highest BCUT2D eigenvalue weighted by atomic mass is 79.9. The number of pyridine rings is 2. The summed E-state index contributed by atoms with van der Waals surface area (Å²) in [7, 11) is 0. The molecule has 0 unspecified atom stereocenters. The van der Waals surface area contributed by atoms with E-state index in [4.69, 9.17) is 5.73 Å². The molecule has 35 heavy (non-hydrogen) atoms. The second-order valence-corrected chi connectivity index (χ2v) is 6.25. The van der Waals surface area contributed by atoms with Crippen molar-refractivity contribution in [1.29, 1.82) is 0 Å². The number of anilines is 2. The zero-order valence-corrected chi connectivity index (χ0v) is 20.0. The molecular weight excluding hydrogens is 546 g/mol. The Morgan fingerprint density at radius 1 is 1.00 bits per heavy atom. The monoisotopic (exact) mass is 566 g/mol. The largest absolute Gasteiger partial charge is 0.465 e. The maximum absolute atomic E-state index is 12.7. The van der Waals surface area contributed by atoms with Crippen molar-refractivity contribution in [2.24, 2.45) is 0 Å². The van der Waals surface area contributed by atoms with Crippen molar-refractivity contribution in [3.05, 3.63) is 56.4 Å². The summed E-state index contributed by atoms with van der Waals surface area (Å²) in [5.74, 6) is -2.83. The van der Waals surface area contributed by atoms with Crippen LogP contribution in [0.25, 0.3) is 0 Å². The Hall–Kier alpha value is -4.02. The fraction of sp³-hybridized carbons (Fsp3) is 0.333. The molecule has 0 aliphatic rings. The third kappa shape index (κ3) is 12.7. The van der Waals surface area contributed by atoms with Crippen molar-refractivity contribution in [2.45, 2.75) is 13.8 Å². The summed E-state index contributed by atoms with van der Waals surface area (Å²) in [6.07, 6.45) is 1.64. The number of halogens is 3. The van der Waals surface area contributed by atoms with E-state index < -0.39 is 38.8 Å². The van der Waals surface area contributed by atoms with E-state index in [0.29, 0.717) is 11.9 Å². The van der Waals surface area contributed by atoms with Crippen molar-refractivity contribution in [2.75, 3.05) is 36.1 Å². The highest BCUT2D eigenvalue weighted by Crippen LogP contribution is 2.21. The summed E-state index contributed by atoms with van der Waals surface area (Å²) in [4.78, 5) is 47.0. The van der Waals surface area contributed by atoms with Crippen LogP contribution in [0, 0.1) is 31.9 Å². The van der Waals surface area contributed by atoms with Gasteiger partial charge in [0.1, 0.15) is 23.5 Å². The zero-order valence-electron chi connectivity index (χ0n) is 18.4. The first-order valence-corrected chi connectivity index (χ1v) is 10.5. The van der Waals surface area contributed by atoms with Crippen LogP contribution in [0.15, 0.2) is 24.5 Å². The second-order valence-electron chi connectivity index (χ2n) is 5.69. The van der Waals surface area contributed by atoms with Crippen molar-refractivity contribution >= 4 is 50.9 Å². The zero-order chi connectivity index (χ0) is 27.0. The number of carbonyl (C=O) groups excluding carboxylic acids is 2. The number of rotatable bonds is 8. The summed E-state index contributed by atoms with van der Waals surface area (Å²) in [6, 6.07) is 1.45. The minimum atomic E-state index is -0.821. The number of hydrogen-bond acceptors (Lipinski definition) is 12. The lowest BCUT2D eigenvalue weighted by Crippen LogP contribution is -2.18. The molecule has 0 amide bonds. The van der Waals surface area contributed by atoms with Crippen molar-refractivity contribution in [3.63, 3.8) is 0 Å². The number of nitrogen functional groups attached to an aromatic ring is 1. The van der Waals surface area contributed by atoms with Crippen LogP contribution < -0.4 is 11.1 Å². The molecule has 0 atom stereocenters. The van der Waals surface area contributed by atoms with Gasteiger partial charge in [-0.15, -0.1) is 0 Å². The molecule has 0 aliphatic heterocycles. The number of hydrogen-bond donors (Lipinski definition) is 2. The molecule has 17 heteroatoms. The van der Waals surface area contributed by atoms with Crippen LogP contribution in [0.1, 0.15) is 13.8 Å². The van der Waals surface area contributed by atoms with Crippen LogP contribution in [0.3, 0.4) is 0 Å². The van der Waals surface area contributed by atoms with E-state index in [-0.39, 0.29) is 30.8 Å². The lowest BCUT2D eigenvalue weighted by Gasteiger charge is -2.05. The van der Waals surface area contributed by atoms with Gasteiger partial charge in [0.25, 0.3) is 0 Å². The molecule has 0 radical (unpaired) electrons. The number of alkyl halides is 1. The topological polar surface area (TPSA) is 203 Å². The number of ether oxygens (including phenoxy) is 2. The van der Waals surface area contributed by atoms with Gasteiger partial charge in [0.2, 0.25) is 11.6 Å². The van der Waals surface area contributed by atoms with Crippen molar-refractivity contribution < 1.29 is 37.7 Å². The van der Waals surface area contributed by atoms with E-state index in [2.05, 4.69) is 40.7 Å². The van der Waals surface area contributed by atoms with Crippen LogP contribution in [-0.4, -0.2) is 56.8 Å². The normalized spacial score (nSPS) is 9.40. The molecule has 0 aromatic carbocycles. The van der Waals surface area contributed by atoms with Crippen LogP contribution in [0.5, 0.6) is 0 Å². The molecule has 0 saturated carbocycles. The van der Waals surface area contributed by atoms with E-state index >= 15 is 0 Å². The summed E-state index contributed by atoms with van der Waals surface area (Å²) in [6.45, 7) is 3.81. The maximum atomic E-state index is 12.7. The molecule has 2 aromatic heterocycles. The average Bonchev–Trinajstić information content (AvgIpc) is 2.80. The molecule has 0 spiro atoms. The minimum absolute atomic E-state index is 0.176. The van der Waals surface area contributed by atoms with Gasteiger partial charge >= 0.3 is 23.3 Å². The third-order valence-corrected chi connectivity index (χ3v) is 3.67. The Balaban J connectivity index is 0.000000550. The fourth-order valence-corrected chi connectivity index (χ4v) is 2.02. The summed E-state index contributed by atoms with van der Waals surface area (Å²) in [5, 5.41) is 23.4. The molecule has 0 bridgehead atoms. The van der Waals surface area contributed by atoms with Crippen LogP contribution in [0.2, 0.25) is 0 Å². The summed E-state index contributed by atoms with van der Waals surface area (Å²) < 4.78 is 34.1. The van der Waals surface area contributed by atoms with E-state index in [1.807, 2.05) is 0 Å². The lowest BCUT2D eigenvalue weighted by molar-refractivity contribution is -0.384. The Labute approximate surface area is 205 Å². The molecule has 2 heterocycles. The number of esters is 2. The van der Waals surface area contributed by atoms with Crippen molar-refractivity contribution in [3.8, 4) is 0 Å². The van der Waals surface area contributed by atoms with E-state index in [9.17, 15) is 38.6 Å². The summed E-state index contributed by atoms with van der Waals surface area (Å²) >= 11 is 2.94. The molecule has 0 saturated heterocycles. The third-order valence-electron chi connectivity index (χ3n) is 3.21. The van der Waals surface area contributed by atoms with Gasteiger partial charge in [0, 0.05) is 0 Å². The van der Waals surface area contributed by atoms with E-state index in [1.165, 1.54) is 0 Å². The molecule has 2 aromatic rings. The van der Waals surface area contributed by atoms with Gasteiger partial charge < -0.3 is 20.5 Å². The number of nitrogens with one attached hydrogen (secondary N) is 1. The Bertz CT molecular complexity index is 1030. The first-order valence-electron chi connectivity index (χ1n) is 9.43. The van der Waals surface area contributed by atoms with Gasteiger partial charge in [-0.3, -0.25) is 29.8 Å². The quantitative estimate of drug-likeness (QED) is 0.205. The number of nitrogens with zero attached hydrogens (tertiary/aromatic N) is 4. The van der Waals surface area contributed by atoms with Crippen LogP contribution in [-0.2, 0) is 19.1 Å². The van der Waals surface area contributed by atoms with Gasteiger partial charge in [0.05, 0.1) is 47.6 Å². The van der Waals surface area contributed by atoms with Crippen LogP contribution in [0.4, 0.5) is 31.8 Å². The predicted octanol–water partition coefficient (Wildman–Crippen LogP) is 2.76. The first-order chi connectivity index (χ1) is 16.5. The Kier molecular flexibility index (Phi) is 14.7.